The molecule has 2 atom stereocenters. The summed E-state index contributed by atoms with van der Waals surface area (Å²) in [7, 11) is 6.47. The summed E-state index contributed by atoms with van der Waals surface area (Å²) in [4.78, 5) is 39.3. The molecule has 16 heteroatoms. The highest BCUT2D eigenvalue weighted by Crippen LogP contribution is 2.42. The topological polar surface area (TPSA) is 113 Å². The molecular weight excluding hydrogens is 748 g/mol. The number of imidazole rings is 2. The third-order valence-electron chi connectivity index (χ3n) is 10.2. The van der Waals surface area contributed by atoms with E-state index in [2.05, 4.69) is 0 Å². The Labute approximate surface area is 324 Å². The van der Waals surface area contributed by atoms with Gasteiger partial charge in [0.1, 0.15) is 87.8 Å². The Morgan fingerprint density at radius 3 is 1.77 bits per heavy atom. The average molecular weight is 787 g/mol. The Hall–Kier alpha value is -6.32. The van der Waals surface area contributed by atoms with Crippen LogP contribution in [0.2, 0.25) is 0 Å². The fourth-order valence-electron chi connectivity index (χ4n) is 7.46. The van der Waals surface area contributed by atoms with Crippen LogP contribution in [0, 0.1) is 37.1 Å². The first kappa shape index (κ1) is 37.6. The van der Waals surface area contributed by atoms with E-state index in [1.165, 1.54) is 9.80 Å². The highest BCUT2D eigenvalue weighted by atomic mass is 19.1. The van der Waals surface area contributed by atoms with E-state index < -0.39 is 35.5 Å². The summed E-state index contributed by atoms with van der Waals surface area (Å²) in [6, 6.07) is 10.3. The lowest BCUT2D eigenvalue weighted by Gasteiger charge is -2.28. The van der Waals surface area contributed by atoms with E-state index in [4.69, 9.17) is 28.9 Å². The molecule has 2 aliphatic rings. The van der Waals surface area contributed by atoms with Crippen molar-refractivity contribution in [1.29, 1.82) is 0 Å². The standard InChI is InChI=1S/C41H38F4N6O6/c1-20-46-28-11-22(40(52)48(3)4)14-35(57-31-8-10-55-33-18-25(43)16-27(45)37(31)33)39(28)51(20)19-50-21(2)47-38-29(50)12-23(41(53)49(5)6)13-34(38)56-30-7-9-54-32-17-24(42)15-26(44)36(30)32/h11-18,30-31H,7-10,19H2,1-6H3. The van der Waals surface area contributed by atoms with Crippen molar-refractivity contribution in [2.24, 2.45) is 0 Å². The number of carbonyl (C=O) groups excluding carboxylic acids is 2. The number of rotatable bonds is 8. The van der Waals surface area contributed by atoms with Gasteiger partial charge in [-0.3, -0.25) is 9.59 Å². The molecule has 2 aromatic heterocycles. The van der Waals surface area contributed by atoms with Crippen LogP contribution in [0.15, 0.2) is 48.5 Å². The molecule has 2 aliphatic heterocycles. The van der Waals surface area contributed by atoms with Crippen molar-refractivity contribution >= 4 is 33.9 Å². The number of aryl methyl sites for hydroxylation is 2. The number of halogens is 4. The molecule has 0 spiro atoms. The maximum absolute atomic E-state index is 15.3. The molecule has 0 fully saturated rings. The van der Waals surface area contributed by atoms with Gasteiger partial charge < -0.3 is 37.9 Å². The van der Waals surface area contributed by atoms with Gasteiger partial charge in [0.05, 0.1) is 35.4 Å². The van der Waals surface area contributed by atoms with Crippen LogP contribution < -0.4 is 18.9 Å². The van der Waals surface area contributed by atoms with E-state index in [1.54, 1.807) is 66.3 Å². The molecule has 0 saturated carbocycles. The van der Waals surface area contributed by atoms with Crippen LogP contribution in [0.1, 0.15) is 68.5 Å². The minimum atomic E-state index is -0.891. The molecule has 0 N–H and O–H groups in total. The van der Waals surface area contributed by atoms with Crippen molar-refractivity contribution < 1.29 is 46.1 Å². The van der Waals surface area contributed by atoms with Crippen LogP contribution in [-0.4, -0.2) is 82.1 Å². The second-order valence-electron chi connectivity index (χ2n) is 14.5. The molecule has 4 heterocycles. The summed E-state index contributed by atoms with van der Waals surface area (Å²) in [5.74, 6) is -2.27. The first-order valence-corrected chi connectivity index (χ1v) is 18.2. The molecule has 0 radical (unpaired) electrons. The van der Waals surface area contributed by atoms with E-state index in [9.17, 15) is 18.4 Å². The summed E-state index contributed by atoms with van der Waals surface area (Å²) >= 11 is 0. The minimum absolute atomic E-state index is 0.0333. The summed E-state index contributed by atoms with van der Waals surface area (Å²) < 4.78 is 86.7. The quantitative estimate of drug-likeness (QED) is 0.148. The molecule has 296 valence electrons. The average Bonchev–Trinajstić information content (AvgIpc) is 3.64. The zero-order valence-electron chi connectivity index (χ0n) is 32.0. The van der Waals surface area contributed by atoms with Crippen molar-refractivity contribution in [2.75, 3.05) is 41.4 Å². The molecule has 0 bridgehead atoms. The molecule has 0 aliphatic carbocycles. The van der Waals surface area contributed by atoms with Crippen molar-refractivity contribution in [3.63, 3.8) is 0 Å². The van der Waals surface area contributed by atoms with Gasteiger partial charge in [-0.1, -0.05) is 0 Å². The van der Waals surface area contributed by atoms with E-state index in [0.29, 0.717) is 33.7 Å². The summed E-state index contributed by atoms with van der Waals surface area (Å²) in [5.41, 5.74) is 2.48. The van der Waals surface area contributed by atoms with E-state index in [0.717, 1.165) is 24.3 Å². The van der Waals surface area contributed by atoms with E-state index in [1.807, 2.05) is 9.13 Å². The zero-order chi connectivity index (χ0) is 40.4. The molecule has 4 aromatic carbocycles. The first-order chi connectivity index (χ1) is 27.2. The van der Waals surface area contributed by atoms with Crippen molar-refractivity contribution in [3.8, 4) is 23.0 Å². The van der Waals surface area contributed by atoms with Gasteiger partial charge >= 0.3 is 0 Å². The second kappa shape index (κ2) is 14.3. The Morgan fingerprint density at radius 2 is 1.21 bits per heavy atom. The Morgan fingerprint density at radius 1 is 0.702 bits per heavy atom. The van der Waals surface area contributed by atoms with Crippen LogP contribution in [0.3, 0.4) is 0 Å². The van der Waals surface area contributed by atoms with Crippen LogP contribution in [0.4, 0.5) is 17.6 Å². The fourth-order valence-corrected chi connectivity index (χ4v) is 7.46. The maximum atomic E-state index is 15.3. The lowest BCUT2D eigenvalue weighted by Crippen LogP contribution is -2.23. The van der Waals surface area contributed by atoms with Gasteiger partial charge in [0.2, 0.25) is 0 Å². The van der Waals surface area contributed by atoms with Crippen molar-refractivity contribution in [3.05, 3.63) is 106 Å². The zero-order valence-corrected chi connectivity index (χ0v) is 32.0. The molecule has 6 aromatic rings. The third kappa shape index (κ3) is 6.72. The van der Waals surface area contributed by atoms with Crippen LogP contribution in [-0.2, 0) is 6.67 Å². The van der Waals surface area contributed by atoms with Gasteiger partial charge in [-0.2, -0.15) is 0 Å². The number of fused-ring (bicyclic) bond motifs is 4. The normalized spacial score (nSPS) is 16.1. The molecule has 12 nitrogen and oxygen atoms in total. The molecule has 2 unspecified atom stereocenters. The number of hydrogen-bond acceptors (Lipinski definition) is 8. The van der Waals surface area contributed by atoms with E-state index >= 15 is 8.78 Å². The highest BCUT2D eigenvalue weighted by Gasteiger charge is 2.32. The van der Waals surface area contributed by atoms with Gasteiger partial charge in [-0.05, 0) is 38.1 Å². The van der Waals surface area contributed by atoms with Gasteiger partial charge in [0.15, 0.2) is 0 Å². The van der Waals surface area contributed by atoms with Gasteiger partial charge in [0, 0.05) is 76.4 Å². The number of aromatic nitrogens is 4. The summed E-state index contributed by atoms with van der Waals surface area (Å²) in [5, 5.41) is 0. The molecular formula is C41H38F4N6O6. The lowest BCUT2D eigenvalue weighted by molar-refractivity contribution is 0.0819. The van der Waals surface area contributed by atoms with E-state index in [-0.39, 0.29) is 89.8 Å². The summed E-state index contributed by atoms with van der Waals surface area (Å²) in [6.07, 6.45) is -1.27. The first-order valence-electron chi connectivity index (χ1n) is 18.2. The van der Waals surface area contributed by atoms with Crippen LogP contribution >= 0.6 is 0 Å². The SMILES string of the molecule is Cc1nc2c(OC3CCOc4cc(F)cc(F)c43)cc(C(=O)N(C)C)cc2n1Cn1c(C)nc2cc(C(=O)N(C)C)cc(OC3CCOc4cc(F)cc(F)c43)c21. The Bertz CT molecular complexity index is 2620. The second-order valence-corrected chi connectivity index (χ2v) is 14.5. The van der Waals surface area contributed by atoms with Gasteiger partial charge in [-0.25, -0.2) is 27.5 Å². The molecule has 57 heavy (non-hydrogen) atoms. The summed E-state index contributed by atoms with van der Waals surface area (Å²) in [6.45, 7) is 3.94. The van der Waals surface area contributed by atoms with Crippen LogP contribution in [0.5, 0.6) is 23.0 Å². The fraction of sp³-hybridized carbons (Fsp3) is 0.317. The molecule has 0 saturated heterocycles. The molecule has 2 amide bonds. The Balaban J connectivity index is 1.26. The monoisotopic (exact) mass is 786 g/mol. The van der Waals surface area contributed by atoms with Crippen LogP contribution in [0.25, 0.3) is 22.1 Å². The molecule has 8 rings (SSSR count). The number of nitrogens with zero attached hydrogens (tertiary/aromatic N) is 6. The Kier molecular flexibility index (Phi) is 9.44. The maximum Gasteiger partial charge on any atom is 0.253 e. The third-order valence-corrected chi connectivity index (χ3v) is 10.2. The highest BCUT2D eigenvalue weighted by molar-refractivity contribution is 6.00. The number of hydrogen-bond donors (Lipinski definition) is 0. The van der Waals surface area contributed by atoms with Gasteiger partial charge in [-0.15, -0.1) is 0 Å². The largest absolute Gasteiger partial charge is 0.493 e. The number of benzene rings is 4. The number of ether oxygens (including phenoxy) is 4. The van der Waals surface area contributed by atoms with Crippen molar-refractivity contribution in [1.82, 2.24) is 28.9 Å². The predicted molar refractivity (Wildman–Crippen MR) is 200 cm³/mol. The predicted octanol–water partition coefficient (Wildman–Crippen LogP) is 7.27. The van der Waals surface area contributed by atoms with Gasteiger partial charge in [0.25, 0.3) is 11.8 Å². The smallest absolute Gasteiger partial charge is 0.253 e. The number of carbonyl (C=O) groups is 2. The number of amides is 2. The van der Waals surface area contributed by atoms with Crippen molar-refractivity contribution in [2.45, 2.75) is 45.6 Å². The minimum Gasteiger partial charge on any atom is -0.493 e. The lowest BCUT2D eigenvalue weighted by atomic mass is 10.0.